The summed E-state index contributed by atoms with van der Waals surface area (Å²) in [6.45, 7) is 5.94. The maximum atomic E-state index is 12.0. The van der Waals surface area contributed by atoms with Gasteiger partial charge in [-0.15, -0.1) is 10.2 Å². The lowest BCUT2D eigenvalue weighted by Gasteiger charge is -2.20. The van der Waals surface area contributed by atoms with Crippen molar-refractivity contribution in [3.8, 4) is 0 Å². The van der Waals surface area contributed by atoms with Crippen LogP contribution in [0.1, 0.15) is 32.6 Å². The van der Waals surface area contributed by atoms with Gasteiger partial charge in [-0.2, -0.15) is 0 Å². The number of thioether (sulfide) groups is 1. The van der Waals surface area contributed by atoms with Crippen LogP contribution in [0.4, 0.5) is 0 Å². The van der Waals surface area contributed by atoms with Gasteiger partial charge in [-0.3, -0.25) is 4.79 Å². The van der Waals surface area contributed by atoms with Crippen LogP contribution in [-0.4, -0.2) is 39.8 Å². The molecule has 1 aromatic heterocycles. The fraction of sp³-hybridized carbons (Fsp3) is 0.727. The van der Waals surface area contributed by atoms with Gasteiger partial charge in [0.15, 0.2) is 0 Å². The first-order valence-electron chi connectivity index (χ1n) is 6.14. The Morgan fingerprint density at radius 2 is 2.00 bits per heavy atom. The van der Waals surface area contributed by atoms with Gasteiger partial charge in [0.2, 0.25) is 11.8 Å². The lowest BCUT2D eigenvalue weighted by atomic mass is 10.3. The monoisotopic (exact) mass is 272 g/mol. The lowest BCUT2D eigenvalue weighted by molar-refractivity contribution is -0.128. The van der Waals surface area contributed by atoms with Gasteiger partial charge in [0.05, 0.1) is 12.3 Å². The van der Waals surface area contributed by atoms with E-state index >= 15 is 0 Å². The van der Waals surface area contributed by atoms with Crippen molar-refractivity contribution >= 4 is 17.7 Å². The Bertz CT molecular complexity index is 364. The van der Waals surface area contributed by atoms with Crippen LogP contribution in [-0.2, 0) is 11.3 Å². The first-order chi connectivity index (χ1) is 8.71. The summed E-state index contributed by atoms with van der Waals surface area (Å²) >= 11 is 1.26. The zero-order valence-electron chi connectivity index (χ0n) is 10.9. The highest BCUT2D eigenvalue weighted by Gasteiger charge is 2.14. The zero-order chi connectivity index (χ0) is 13.4. The molecule has 0 aromatic carbocycles. The molecule has 0 bridgehead atoms. The fourth-order valence-electron chi connectivity index (χ4n) is 1.49. The normalized spacial score (nSPS) is 10.6. The van der Waals surface area contributed by atoms with E-state index in [9.17, 15) is 4.79 Å². The average molecular weight is 272 g/mol. The highest BCUT2D eigenvalue weighted by atomic mass is 32.2. The van der Waals surface area contributed by atoms with E-state index < -0.39 is 0 Å². The maximum Gasteiger partial charge on any atom is 0.277 e. The molecule has 1 rings (SSSR count). The quantitative estimate of drug-likeness (QED) is 0.717. The minimum absolute atomic E-state index is 0.108. The van der Waals surface area contributed by atoms with Crippen molar-refractivity contribution in [2.24, 2.45) is 5.73 Å². The van der Waals surface area contributed by atoms with Crippen LogP contribution in [0.3, 0.4) is 0 Å². The molecule has 0 atom stereocenters. The number of carbonyl (C=O) groups excluding carboxylic acids is 1. The number of nitrogens with zero attached hydrogens (tertiary/aromatic N) is 3. The topological polar surface area (TPSA) is 85.2 Å². The van der Waals surface area contributed by atoms with E-state index in [2.05, 4.69) is 24.0 Å². The highest BCUT2D eigenvalue weighted by Crippen LogP contribution is 2.16. The van der Waals surface area contributed by atoms with Crippen molar-refractivity contribution in [2.45, 2.75) is 38.5 Å². The lowest BCUT2D eigenvalue weighted by Crippen LogP contribution is -2.33. The van der Waals surface area contributed by atoms with Crippen LogP contribution in [0, 0.1) is 0 Å². The number of hydrogen-bond acceptors (Lipinski definition) is 6. The van der Waals surface area contributed by atoms with E-state index in [1.807, 2.05) is 4.90 Å². The molecule has 0 aliphatic rings. The summed E-state index contributed by atoms with van der Waals surface area (Å²) in [4.78, 5) is 13.8. The molecular formula is C11H20N4O2S. The van der Waals surface area contributed by atoms with Crippen LogP contribution in [0.25, 0.3) is 0 Å². The third-order valence-corrected chi connectivity index (χ3v) is 3.09. The summed E-state index contributed by atoms with van der Waals surface area (Å²) in [6.07, 6.45) is 1.93. The number of rotatable bonds is 8. The van der Waals surface area contributed by atoms with Crippen LogP contribution in [0.2, 0.25) is 0 Å². The van der Waals surface area contributed by atoms with Gasteiger partial charge in [0.25, 0.3) is 5.22 Å². The predicted molar refractivity (Wildman–Crippen MR) is 70.1 cm³/mol. The van der Waals surface area contributed by atoms with Gasteiger partial charge in [-0.05, 0) is 12.8 Å². The molecule has 1 aromatic rings. The summed E-state index contributed by atoms with van der Waals surface area (Å²) in [5, 5.41) is 7.95. The van der Waals surface area contributed by atoms with E-state index in [0.29, 0.717) is 16.9 Å². The largest absolute Gasteiger partial charge is 0.415 e. The van der Waals surface area contributed by atoms with E-state index in [1.54, 1.807) is 0 Å². The molecule has 0 unspecified atom stereocenters. The van der Waals surface area contributed by atoms with Crippen LogP contribution in [0.15, 0.2) is 9.64 Å². The molecule has 0 radical (unpaired) electrons. The van der Waals surface area contributed by atoms with E-state index in [0.717, 1.165) is 25.9 Å². The predicted octanol–water partition coefficient (Wildman–Crippen LogP) is 1.27. The number of nitrogens with two attached hydrogens (primary N) is 1. The van der Waals surface area contributed by atoms with E-state index in [-0.39, 0.29) is 12.5 Å². The van der Waals surface area contributed by atoms with Crippen molar-refractivity contribution < 1.29 is 9.21 Å². The van der Waals surface area contributed by atoms with Gasteiger partial charge in [-0.1, -0.05) is 25.6 Å². The molecular weight excluding hydrogens is 252 g/mol. The Kier molecular flexibility index (Phi) is 6.74. The summed E-state index contributed by atoms with van der Waals surface area (Å²) in [5.41, 5.74) is 5.37. The Labute approximate surface area is 111 Å². The van der Waals surface area contributed by atoms with Crippen LogP contribution in [0.5, 0.6) is 0 Å². The van der Waals surface area contributed by atoms with E-state index in [1.165, 1.54) is 11.8 Å². The molecule has 0 saturated carbocycles. The third-order valence-electron chi connectivity index (χ3n) is 2.28. The molecule has 0 saturated heterocycles. The van der Waals surface area contributed by atoms with Gasteiger partial charge >= 0.3 is 0 Å². The maximum absolute atomic E-state index is 12.0. The van der Waals surface area contributed by atoms with Crippen molar-refractivity contribution in [1.29, 1.82) is 0 Å². The molecule has 0 aliphatic heterocycles. The number of carbonyl (C=O) groups is 1. The minimum Gasteiger partial charge on any atom is -0.415 e. The van der Waals surface area contributed by atoms with Crippen molar-refractivity contribution in [3.63, 3.8) is 0 Å². The van der Waals surface area contributed by atoms with Crippen molar-refractivity contribution in [1.82, 2.24) is 15.1 Å². The van der Waals surface area contributed by atoms with Gasteiger partial charge in [0.1, 0.15) is 0 Å². The smallest absolute Gasteiger partial charge is 0.277 e. The molecule has 6 nitrogen and oxygen atoms in total. The zero-order valence-corrected chi connectivity index (χ0v) is 11.7. The molecule has 1 amide bonds. The van der Waals surface area contributed by atoms with Crippen molar-refractivity contribution in [2.75, 3.05) is 18.8 Å². The molecule has 2 N–H and O–H groups in total. The molecule has 0 spiro atoms. The van der Waals surface area contributed by atoms with Crippen molar-refractivity contribution in [3.05, 3.63) is 5.89 Å². The molecule has 0 aliphatic carbocycles. The second-order valence-electron chi connectivity index (χ2n) is 3.84. The Balaban J connectivity index is 2.42. The summed E-state index contributed by atoms with van der Waals surface area (Å²) in [5.74, 6) is 0.826. The standard InChI is InChI=1S/C11H20N4O2S/c1-3-5-15(6-4-2)10(16)8-18-11-14-13-9(7-12)17-11/h3-8,12H2,1-2H3. The molecule has 18 heavy (non-hydrogen) atoms. The number of hydrogen-bond donors (Lipinski definition) is 1. The number of aromatic nitrogens is 2. The summed E-state index contributed by atoms with van der Waals surface area (Å²) in [6, 6.07) is 0. The molecule has 102 valence electrons. The molecule has 7 heteroatoms. The van der Waals surface area contributed by atoms with Gasteiger partial charge in [0, 0.05) is 13.1 Å². The first-order valence-corrected chi connectivity index (χ1v) is 7.12. The Hall–Kier alpha value is -1.08. The average Bonchev–Trinajstić information content (AvgIpc) is 2.83. The van der Waals surface area contributed by atoms with Gasteiger partial charge < -0.3 is 15.1 Å². The second-order valence-corrected chi connectivity index (χ2v) is 4.76. The minimum atomic E-state index is 0.108. The molecule has 0 fully saturated rings. The second kappa shape index (κ2) is 8.10. The Morgan fingerprint density at radius 1 is 1.33 bits per heavy atom. The number of amides is 1. The van der Waals surface area contributed by atoms with E-state index in [4.69, 9.17) is 10.2 Å². The van der Waals surface area contributed by atoms with Crippen LogP contribution >= 0.6 is 11.8 Å². The summed E-state index contributed by atoms with van der Waals surface area (Å²) < 4.78 is 5.23. The first kappa shape index (κ1) is 15.0. The fourth-order valence-corrected chi connectivity index (χ4v) is 2.18. The van der Waals surface area contributed by atoms with Crippen LogP contribution < -0.4 is 5.73 Å². The third kappa shape index (κ3) is 4.66. The summed E-state index contributed by atoms with van der Waals surface area (Å²) in [7, 11) is 0. The molecule has 1 heterocycles. The van der Waals surface area contributed by atoms with Gasteiger partial charge in [-0.25, -0.2) is 0 Å². The Morgan fingerprint density at radius 3 is 2.50 bits per heavy atom. The SMILES string of the molecule is CCCN(CCC)C(=O)CSc1nnc(CN)o1. The highest BCUT2D eigenvalue weighted by molar-refractivity contribution is 7.99.